The van der Waals surface area contributed by atoms with Crippen LogP contribution in [0, 0.1) is 0 Å². The van der Waals surface area contributed by atoms with Gasteiger partial charge in [-0.25, -0.2) is 4.79 Å². The quantitative estimate of drug-likeness (QED) is 0.823. The highest BCUT2D eigenvalue weighted by atomic mass is 16.4. The molecule has 18 heavy (non-hydrogen) atoms. The molecule has 0 aliphatic carbocycles. The number of carboxylic acid groups (broad SMARTS) is 2. The van der Waals surface area contributed by atoms with Crippen molar-refractivity contribution in [3.63, 3.8) is 0 Å². The van der Waals surface area contributed by atoms with Crippen molar-refractivity contribution in [1.29, 1.82) is 0 Å². The molecule has 1 aliphatic heterocycles. The van der Waals surface area contributed by atoms with Gasteiger partial charge in [0.25, 0.3) is 0 Å². The first-order valence-corrected chi connectivity index (χ1v) is 5.41. The summed E-state index contributed by atoms with van der Waals surface area (Å²) in [6, 6.07) is 7.27. The lowest BCUT2D eigenvalue weighted by molar-refractivity contribution is -0.140. The molecule has 0 amide bonds. The molecule has 2 N–H and O–H groups in total. The lowest BCUT2D eigenvalue weighted by Crippen LogP contribution is -2.41. The number of nitrogens with zero attached hydrogens (tertiary/aromatic N) is 2. The van der Waals surface area contributed by atoms with Gasteiger partial charge in [-0.2, -0.15) is 0 Å². The number of rotatable bonds is 4. The Labute approximate surface area is 103 Å². The number of para-hydroxylation sites is 1. The van der Waals surface area contributed by atoms with Gasteiger partial charge in [0.05, 0.1) is 18.8 Å². The van der Waals surface area contributed by atoms with Gasteiger partial charge in [0, 0.05) is 5.69 Å². The van der Waals surface area contributed by atoms with Gasteiger partial charge in [-0.15, -0.1) is 0 Å². The van der Waals surface area contributed by atoms with Crippen LogP contribution < -0.4 is 4.90 Å². The van der Waals surface area contributed by atoms with E-state index in [4.69, 9.17) is 10.2 Å². The molecule has 6 nitrogen and oxygen atoms in total. The molecule has 1 aromatic carbocycles. The molecule has 6 heteroatoms. The molecule has 0 saturated carbocycles. The molecule has 0 spiro atoms. The van der Waals surface area contributed by atoms with Crippen molar-refractivity contribution in [2.75, 3.05) is 4.90 Å². The van der Waals surface area contributed by atoms with Crippen LogP contribution in [-0.2, 0) is 9.59 Å². The third-order valence-electron chi connectivity index (χ3n) is 2.76. The number of benzene rings is 1. The van der Waals surface area contributed by atoms with Crippen molar-refractivity contribution in [3.05, 3.63) is 30.3 Å². The Morgan fingerprint density at radius 1 is 1.22 bits per heavy atom. The summed E-state index contributed by atoms with van der Waals surface area (Å²) in [5, 5.41) is 17.9. The Morgan fingerprint density at radius 2 is 1.89 bits per heavy atom. The van der Waals surface area contributed by atoms with E-state index in [1.807, 2.05) is 6.07 Å². The van der Waals surface area contributed by atoms with E-state index in [1.54, 1.807) is 29.2 Å². The number of hydrogen-bond donors (Lipinski definition) is 2. The van der Waals surface area contributed by atoms with Crippen LogP contribution in [0.2, 0.25) is 0 Å². The molecule has 1 heterocycles. The molecule has 0 unspecified atom stereocenters. The Kier molecular flexibility index (Phi) is 3.27. The SMILES string of the molecule is O=C(O)C[C@@H]1[C@@H](C(=O)O)N=CN1c1ccccc1. The summed E-state index contributed by atoms with van der Waals surface area (Å²) in [5.74, 6) is -2.16. The van der Waals surface area contributed by atoms with Crippen molar-refractivity contribution < 1.29 is 19.8 Å². The fourth-order valence-corrected chi connectivity index (χ4v) is 1.96. The van der Waals surface area contributed by atoms with Crippen LogP contribution in [0.3, 0.4) is 0 Å². The fourth-order valence-electron chi connectivity index (χ4n) is 1.96. The lowest BCUT2D eigenvalue weighted by Gasteiger charge is -2.25. The van der Waals surface area contributed by atoms with Gasteiger partial charge >= 0.3 is 11.9 Å². The second kappa shape index (κ2) is 4.87. The van der Waals surface area contributed by atoms with E-state index in [0.29, 0.717) is 0 Å². The van der Waals surface area contributed by atoms with Gasteiger partial charge in [-0.1, -0.05) is 18.2 Å². The monoisotopic (exact) mass is 248 g/mol. The van der Waals surface area contributed by atoms with Gasteiger partial charge < -0.3 is 15.1 Å². The Morgan fingerprint density at radius 3 is 2.44 bits per heavy atom. The van der Waals surface area contributed by atoms with E-state index in [0.717, 1.165) is 5.69 Å². The molecule has 0 bridgehead atoms. The number of anilines is 1. The zero-order valence-electron chi connectivity index (χ0n) is 9.43. The molecule has 2 atom stereocenters. The third kappa shape index (κ3) is 2.32. The third-order valence-corrected chi connectivity index (χ3v) is 2.76. The molecule has 0 radical (unpaired) electrons. The fraction of sp³-hybridized carbons (Fsp3) is 0.250. The minimum atomic E-state index is -1.11. The Hall–Kier alpha value is -2.37. The topological polar surface area (TPSA) is 90.2 Å². The van der Waals surface area contributed by atoms with Gasteiger partial charge in [0.1, 0.15) is 0 Å². The van der Waals surface area contributed by atoms with Crippen molar-refractivity contribution in [2.24, 2.45) is 4.99 Å². The van der Waals surface area contributed by atoms with Crippen LogP contribution in [0.15, 0.2) is 35.3 Å². The first kappa shape index (κ1) is 12.1. The molecule has 1 aromatic rings. The number of hydrogen-bond acceptors (Lipinski definition) is 4. The summed E-state index contributed by atoms with van der Waals surface area (Å²) >= 11 is 0. The number of carboxylic acids is 2. The van der Waals surface area contributed by atoms with E-state index in [1.165, 1.54) is 6.34 Å². The average Bonchev–Trinajstić information content (AvgIpc) is 2.73. The molecule has 0 saturated heterocycles. The molecule has 94 valence electrons. The van der Waals surface area contributed by atoms with Gasteiger partial charge in [-0.05, 0) is 12.1 Å². The van der Waals surface area contributed by atoms with Crippen molar-refractivity contribution in [1.82, 2.24) is 0 Å². The summed E-state index contributed by atoms with van der Waals surface area (Å²) in [6.45, 7) is 0. The molecule has 0 aromatic heterocycles. The minimum absolute atomic E-state index is 0.272. The van der Waals surface area contributed by atoms with E-state index in [-0.39, 0.29) is 6.42 Å². The van der Waals surface area contributed by atoms with Crippen LogP contribution in [0.5, 0.6) is 0 Å². The van der Waals surface area contributed by atoms with Crippen LogP contribution in [0.25, 0.3) is 0 Å². The first-order valence-electron chi connectivity index (χ1n) is 5.41. The zero-order valence-corrected chi connectivity index (χ0v) is 9.43. The van der Waals surface area contributed by atoms with Gasteiger partial charge in [0.15, 0.2) is 6.04 Å². The lowest BCUT2D eigenvalue weighted by atomic mass is 10.0. The van der Waals surface area contributed by atoms with Crippen molar-refractivity contribution in [3.8, 4) is 0 Å². The van der Waals surface area contributed by atoms with E-state index < -0.39 is 24.0 Å². The first-order chi connectivity index (χ1) is 8.59. The Balaban J connectivity index is 2.27. The summed E-state index contributed by atoms with van der Waals surface area (Å²) in [4.78, 5) is 27.3. The average molecular weight is 248 g/mol. The molecule has 0 fully saturated rings. The minimum Gasteiger partial charge on any atom is -0.481 e. The number of carbonyl (C=O) groups is 2. The maximum absolute atomic E-state index is 11.0. The van der Waals surface area contributed by atoms with Gasteiger partial charge in [0.2, 0.25) is 0 Å². The van der Waals surface area contributed by atoms with Gasteiger partial charge in [-0.3, -0.25) is 9.79 Å². The maximum atomic E-state index is 11.0. The summed E-state index contributed by atoms with van der Waals surface area (Å²) in [5.41, 5.74) is 0.733. The van der Waals surface area contributed by atoms with Crippen molar-refractivity contribution in [2.45, 2.75) is 18.5 Å². The Bertz CT molecular complexity index is 486. The standard InChI is InChI=1S/C12H12N2O4/c15-10(16)6-9-11(12(17)18)13-7-14(9)8-4-2-1-3-5-8/h1-5,7,9,11H,6H2,(H,15,16)(H,17,18)/t9-,11+/m1/s1. The van der Waals surface area contributed by atoms with Crippen LogP contribution >= 0.6 is 0 Å². The molecular weight excluding hydrogens is 236 g/mol. The van der Waals surface area contributed by atoms with Crippen LogP contribution in [0.1, 0.15) is 6.42 Å². The summed E-state index contributed by atoms with van der Waals surface area (Å²) < 4.78 is 0. The highest BCUT2D eigenvalue weighted by molar-refractivity contribution is 5.91. The van der Waals surface area contributed by atoms with Crippen LogP contribution in [-0.4, -0.2) is 40.6 Å². The largest absolute Gasteiger partial charge is 0.481 e. The predicted molar refractivity (Wildman–Crippen MR) is 64.9 cm³/mol. The van der Waals surface area contributed by atoms with E-state index in [2.05, 4.69) is 4.99 Å². The normalized spacial score (nSPS) is 22.1. The highest BCUT2D eigenvalue weighted by Gasteiger charge is 2.37. The van der Waals surface area contributed by atoms with E-state index >= 15 is 0 Å². The second-order valence-corrected chi connectivity index (χ2v) is 3.96. The van der Waals surface area contributed by atoms with Crippen LogP contribution in [0.4, 0.5) is 5.69 Å². The highest BCUT2D eigenvalue weighted by Crippen LogP contribution is 2.24. The number of aliphatic carboxylic acids is 2. The molecule has 1 aliphatic rings. The predicted octanol–water partition coefficient (Wildman–Crippen LogP) is 0.831. The molecule has 2 rings (SSSR count). The van der Waals surface area contributed by atoms with E-state index in [9.17, 15) is 9.59 Å². The van der Waals surface area contributed by atoms with Crippen molar-refractivity contribution >= 4 is 24.0 Å². The summed E-state index contributed by atoms with van der Waals surface area (Å²) in [7, 11) is 0. The second-order valence-electron chi connectivity index (χ2n) is 3.96. The maximum Gasteiger partial charge on any atom is 0.330 e. The zero-order chi connectivity index (χ0) is 13.1. The molecular formula is C12H12N2O4. The summed E-state index contributed by atoms with van der Waals surface area (Å²) in [6.07, 6.45) is 1.12. The number of aliphatic imine (C=N–C) groups is 1. The smallest absolute Gasteiger partial charge is 0.330 e.